The number of carbonyl (C=O) groups is 2. The van der Waals surface area contributed by atoms with Gasteiger partial charge in [-0.15, -0.1) is 0 Å². The average molecular weight is 252 g/mol. The fourth-order valence-corrected chi connectivity index (χ4v) is 4.47. The Morgan fingerprint density at radius 2 is 1.37 bits per heavy atom. The molecule has 0 amide bonds. The molecule has 1 aromatic rings. The Kier molecular flexibility index (Phi) is 1.45. The fraction of sp³-hybridized carbons (Fsp3) is 0.375. The summed E-state index contributed by atoms with van der Waals surface area (Å²) in [5.74, 6) is 0.174. The minimum atomic E-state index is -0.865. The lowest BCUT2D eigenvalue weighted by Gasteiger charge is -2.40. The topological polar surface area (TPSA) is 46.7 Å². The van der Waals surface area contributed by atoms with Crippen molar-refractivity contribution in [2.75, 3.05) is 0 Å². The summed E-state index contributed by atoms with van der Waals surface area (Å²) in [6.07, 6.45) is 6.06. The minimum absolute atomic E-state index is 0.0155. The number of carbonyl (C=O) groups excluding carboxylic acids is 2. The third-order valence-corrected chi connectivity index (χ3v) is 5.33. The quantitative estimate of drug-likeness (QED) is 0.525. The van der Waals surface area contributed by atoms with Crippen LogP contribution in [0, 0.1) is 11.8 Å². The van der Waals surface area contributed by atoms with Gasteiger partial charge in [-0.2, -0.15) is 0 Å². The van der Waals surface area contributed by atoms with Crippen molar-refractivity contribution in [3.05, 3.63) is 47.5 Å². The average Bonchev–Trinajstić information content (AvgIpc) is 3.22. The van der Waals surface area contributed by atoms with Crippen LogP contribution in [0.15, 0.2) is 36.4 Å². The Morgan fingerprint density at radius 1 is 0.895 bits per heavy atom. The molecule has 2 bridgehead atoms. The molecule has 19 heavy (non-hydrogen) atoms. The lowest BCUT2D eigenvalue weighted by molar-refractivity contribution is 0.0735. The fourth-order valence-electron chi connectivity index (χ4n) is 4.47. The largest absolute Gasteiger partial charge is 0.344 e. The summed E-state index contributed by atoms with van der Waals surface area (Å²) in [4.78, 5) is 25.7. The van der Waals surface area contributed by atoms with Gasteiger partial charge in [0, 0.05) is 23.0 Å². The van der Waals surface area contributed by atoms with Gasteiger partial charge >= 0.3 is 0 Å². The second kappa shape index (κ2) is 2.73. The first kappa shape index (κ1) is 10.1. The predicted octanol–water partition coefficient (Wildman–Crippen LogP) is 2.17. The molecule has 1 saturated carbocycles. The number of benzene rings is 1. The molecule has 3 nitrogen and oxygen atoms in total. The van der Waals surface area contributed by atoms with Crippen molar-refractivity contribution in [3.8, 4) is 0 Å². The van der Waals surface area contributed by atoms with Crippen molar-refractivity contribution < 1.29 is 14.3 Å². The van der Waals surface area contributed by atoms with Crippen LogP contribution in [0.2, 0.25) is 0 Å². The number of hydrogen-bond acceptors (Lipinski definition) is 3. The van der Waals surface area contributed by atoms with Crippen LogP contribution in [0.3, 0.4) is 0 Å². The highest BCUT2D eigenvalue weighted by Gasteiger charge is 2.86. The molecule has 94 valence electrons. The molecule has 0 unspecified atom stereocenters. The van der Waals surface area contributed by atoms with E-state index in [-0.39, 0.29) is 23.4 Å². The molecule has 2 fully saturated rings. The maximum atomic E-state index is 12.8. The van der Waals surface area contributed by atoms with Crippen molar-refractivity contribution in [1.82, 2.24) is 0 Å². The van der Waals surface area contributed by atoms with Crippen LogP contribution in [0.4, 0.5) is 0 Å². The van der Waals surface area contributed by atoms with Crippen LogP contribution < -0.4 is 0 Å². The summed E-state index contributed by atoms with van der Waals surface area (Å²) in [7, 11) is 0. The van der Waals surface area contributed by atoms with E-state index in [1.165, 1.54) is 0 Å². The first-order valence-electron chi connectivity index (χ1n) is 6.79. The minimum Gasteiger partial charge on any atom is -0.344 e. The molecule has 1 aliphatic heterocycles. The third kappa shape index (κ3) is 0.801. The highest BCUT2D eigenvalue weighted by Crippen LogP contribution is 2.69. The molecular formula is C16H12O3. The number of ether oxygens (including phenoxy) is 1. The number of ketones is 2. The van der Waals surface area contributed by atoms with Gasteiger partial charge in [0.2, 0.25) is 0 Å². The summed E-state index contributed by atoms with van der Waals surface area (Å²) < 4.78 is 5.95. The van der Waals surface area contributed by atoms with Gasteiger partial charge in [0.1, 0.15) is 0 Å². The Balaban J connectivity index is 1.84. The van der Waals surface area contributed by atoms with E-state index in [1.54, 1.807) is 12.1 Å². The van der Waals surface area contributed by atoms with E-state index < -0.39 is 11.2 Å². The number of fused-ring (bicyclic) bond motifs is 2. The first-order valence-corrected chi connectivity index (χ1v) is 6.79. The SMILES string of the molecule is O=C1c2ccccc2C(=O)[C@@]23O[C@]12[C@H]1C=C[C@H]3CC1. The van der Waals surface area contributed by atoms with E-state index in [1.807, 2.05) is 12.1 Å². The van der Waals surface area contributed by atoms with Crippen LogP contribution in [0.5, 0.6) is 0 Å². The van der Waals surface area contributed by atoms with Gasteiger partial charge < -0.3 is 4.74 Å². The molecular weight excluding hydrogens is 240 g/mol. The van der Waals surface area contributed by atoms with E-state index in [9.17, 15) is 9.59 Å². The zero-order valence-corrected chi connectivity index (χ0v) is 10.3. The molecule has 4 atom stereocenters. The second-order valence-electron chi connectivity index (χ2n) is 5.95. The summed E-state index contributed by atoms with van der Waals surface area (Å²) in [6.45, 7) is 0. The second-order valence-corrected chi connectivity index (χ2v) is 5.95. The lowest BCUT2D eigenvalue weighted by atomic mass is 9.56. The standard InChI is InChI=1S/C16H12O3/c17-13-11-3-1-2-4-12(11)14(18)16-10-7-5-9(6-8-10)15(13,16)19-16/h1-5,7,9-10H,6,8H2/t9-,10-,15+,16+/m0/s1. The van der Waals surface area contributed by atoms with Crippen molar-refractivity contribution in [3.63, 3.8) is 0 Å². The number of hydrogen-bond donors (Lipinski definition) is 0. The Morgan fingerprint density at radius 3 is 1.79 bits per heavy atom. The molecule has 6 rings (SSSR count). The van der Waals surface area contributed by atoms with Crippen LogP contribution in [-0.2, 0) is 4.74 Å². The van der Waals surface area contributed by atoms with Gasteiger partial charge in [-0.3, -0.25) is 9.59 Å². The zero-order chi connectivity index (χ0) is 12.8. The zero-order valence-electron chi connectivity index (χ0n) is 10.3. The molecule has 5 aliphatic rings. The molecule has 0 N–H and O–H groups in total. The normalized spacial score (nSPS) is 44.6. The van der Waals surface area contributed by atoms with Crippen molar-refractivity contribution in [2.45, 2.75) is 24.0 Å². The van der Waals surface area contributed by atoms with E-state index in [0.717, 1.165) is 12.8 Å². The van der Waals surface area contributed by atoms with E-state index >= 15 is 0 Å². The summed E-state index contributed by atoms with van der Waals surface area (Å²) in [5.41, 5.74) is -0.644. The molecule has 1 saturated heterocycles. The van der Waals surface area contributed by atoms with Crippen molar-refractivity contribution in [2.24, 2.45) is 11.8 Å². The van der Waals surface area contributed by atoms with Gasteiger partial charge in [0.15, 0.2) is 22.8 Å². The smallest absolute Gasteiger partial charge is 0.199 e. The van der Waals surface area contributed by atoms with Gasteiger partial charge in [0.05, 0.1) is 0 Å². The summed E-state index contributed by atoms with van der Waals surface area (Å²) in [6, 6.07) is 7.13. The maximum absolute atomic E-state index is 12.8. The Labute approximate surface area is 110 Å². The number of rotatable bonds is 0. The van der Waals surface area contributed by atoms with Gasteiger partial charge in [-0.1, -0.05) is 36.4 Å². The maximum Gasteiger partial charge on any atom is 0.199 e. The predicted molar refractivity (Wildman–Crippen MR) is 67.0 cm³/mol. The van der Waals surface area contributed by atoms with E-state index in [4.69, 9.17) is 4.74 Å². The molecule has 1 heterocycles. The van der Waals surface area contributed by atoms with Gasteiger partial charge in [-0.05, 0) is 12.8 Å². The first-order chi connectivity index (χ1) is 9.22. The van der Waals surface area contributed by atoms with E-state index in [0.29, 0.717) is 11.1 Å². The molecule has 0 aromatic heterocycles. The molecule has 0 spiro atoms. The number of epoxide rings is 1. The Hall–Kier alpha value is -1.74. The molecule has 1 aromatic carbocycles. The highest BCUT2D eigenvalue weighted by atomic mass is 16.6. The third-order valence-electron chi connectivity index (χ3n) is 5.33. The van der Waals surface area contributed by atoms with Crippen LogP contribution in [-0.4, -0.2) is 22.8 Å². The molecule has 0 radical (unpaired) electrons. The highest BCUT2D eigenvalue weighted by molar-refractivity contribution is 6.26. The van der Waals surface area contributed by atoms with Crippen molar-refractivity contribution in [1.29, 1.82) is 0 Å². The van der Waals surface area contributed by atoms with Crippen LogP contribution in [0.25, 0.3) is 0 Å². The van der Waals surface area contributed by atoms with Crippen molar-refractivity contribution >= 4 is 11.6 Å². The van der Waals surface area contributed by atoms with Gasteiger partial charge in [0.25, 0.3) is 0 Å². The summed E-state index contributed by atoms with van der Waals surface area (Å²) >= 11 is 0. The summed E-state index contributed by atoms with van der Waals surface area (Å²) in [5, 5.41) is 0. The monoisotopic (exact) mass is 252 g/mol. The Bertz CT molecular complexity index is 632. The molecule has 3 heteroatoms. The molecule has 4 aliphatic carbocycles. The van der Waals surface area contributed by atoms with E-state index in [2.05, 4.69) is 12.2 Å². The van der Waals surface area contributed by atoms with Crippen LogP contribution in [0.1, 0.15) is 33.6 Å². The van der Waals surface area contributed by atoms with Crippen LogP contribution >= 0.6 is 0 Å². The number of Topliss-reactive ketones (excluding diaryl/α,β-unsaturated/α-hetero) is 2. The van der Waals surface area contributed by atoms with Gasteiger partial charge in [-0.25, -0.2) is 0 Å². The lowest BCUT2D eigenvalue weighted by Crippen LogP contribution is -2.56.